The molecule has 2 aromatic heterocycles. The second-order valence-corrected chi connectivity index (χ2v) is 10.4. The van der Waals surface area contributed by atoms with Crippen LogP contribution in [0.15, 0.2) is 59.5 Å². The van der Waals surface area contributed by atoms with E-state index in [2.05, 4.69) is 15.3 Å². The van der Waals surface area contributed by atoms with Gasteiger partial charge >= 0.3 is 12.1 Å². The molecule has 198 valence electrons. The Kier molecular flexibility index (Phi) is 6.98. The molecule has 8 nitrogen and oxygen atoms in total. The Balaban J connectivity index is 0.000000426. The van der Waals surface area contributed by atoms with Crippen LogP contribution in [0, 0.1) is 5.82 Å². The van der Waals surface area contributed by atoms with E-state index in [1.54, 1.807) is 6.07 Å². The van der Waals surface area contributed by atoms with Gasteiger partial charge in [0.15, 0.2) is 9.84 Å². The Morgan fingerprint density at radius 3 is 2.34 bits per heavy atom. The van der Waals surface area contributed by atoms with Crippen molar-refractivity contribution in [2.24, 2.45) is 0 Å². The average molecular weight is 550 g/mol. The number of H-pyrrole nitrogens is 1. The van der Waals surface area contributed by atoms with Gasteiger partial charge in [-0.1, -0.05) is 24.3 Å². The van der Waals surface area contributed by atoms with Crippen molar-refractivity contribution < 1.29 is 40.7 Å². The number of hydrogen-bond acceptors (Lipinski definition) is 5. The van der Waals surface area contributed by atoms with Crippen LogP contribution in [0.4, 0.5) is 17.6 Å². The number of aliphatic carboxylic acids is 1. The number of rotatable bonds is 3. The Labute approximate surface area is 213 Å². The van der Waals surface area contributed by atoms with E-state index < -0.39 is 27.8 Å². The fourth-order valence-corrected chi connectivity index (χ4v) is 4.52. The molecule has 0 spiro atoms. The van der Waals surface area contributed by atoms with Crippen molar-refractivity contribution in [3.63, 3.8) is 0 Å². The Hall–Kier alpha value is -4.26. The summed E-state index contributed by atoms with van der Waals surface area (Å²) in [5, 5.41) is 10.8. The molecule has 1 amide bonds. The van der Waals surface area contributed by atoms with Crippen LogP contribution in [0.3, 0.4) is 0 Å². The van der Waals surface area contributed by atoms with Crippen LogP contribution in [0.2, 0.25) is 0 Å². The molecule has 3 heterocycles. The van der Waals surface area contributed by atoms with Gasteiger partial charge in [-0.25, -0.2) is 22.6 Å². The van der Waals surface area contributed by atoms with Crippen molar-refractivity contribution in [1.82, 2.24) is 15.3 Å². The number of aromatic amines is 1. The second-order valence-electron chi connectivity index (χ2n) is 8.37. The normalized spacial score (nSPS) is 13.3. The van der Waals surface area contributed by atoms with Crippen LogP contribution in [-0.2, 0) is 21.1 Å². The molecule has 4 aromatic rings. The second kappa shape index (κ2) is 9.89. The minimum atomic E-state index is -5.08. The summed E-state index contributed by atoms with van der Waals surface area (Å²) in [7, 11) is -3.51. The minimum Gasteiger partial charge on any atom is -0.475 e. The van der Waals surface area contributed by atoms with Crippen molar-refractivity contribution in [3.8, 4) is 22.5 Å². The molecule has 1 aliphatic heterocycles. The third-order valence-corrected chi connectivity index (χ3v) is 6.81. The highest BCUT2D eigenvalue weighted by Gasteiger charge is 2.38. The molecule has 0 bridgehead atoms. The summed E-state index contributed by atoms with van der Waals surface area (Å²) in [6, 6.07) is 14.9. The summed E-state index contributed by atoms with van der Waals surface area (Å²) in [5.74, 6) is -3.52. The molecule has 1 aliphatic rings. The zero-order valence-electron chi connectivity index (χ0n) is 19.6. The summed E-state index contributed by atoms with van der Waals surface area (Å²) in [5.41, 5.74) is 4.34. The van der Waals surface area contributed by atoms with E-state index in [9.17, 15) is 30.8 Å². The number of carbonyl (C=O) groups is 2. The number of pyridine rings is 1. The number of sulfone groups is 1. The molecule has 0 atom stereocenters. The highest BCUT2D eigenvalue weighted by atomic mass is 32.2. The Morgan fingerprint density at radius 2 is 1.74 bits per heavy atom. The number of halogens is 4. The smallest absolute Gasteiger partial charge is 0.475 e. The van der Waals surface area contributed by atoms with Gasteiger partial charge in [0.1, 0.15) is 5.82 Å². The number of amides is 1. The fourth-order valence-electron chi connectivity index (χ4n) is 3.89. The zero-order valence-corrected chi connectivity index (χ0v) is 20.4. The lowest BCUT2D eigenvalue weighted by molar-refractivity contribution is -0.192. The number of alkyl halides is 3. The van der Waals surface area contributed by atoms with Gasteiger partial charge in [0.05, 0.1) is 21.7 Å². The summed E-state index contributed by atoms with van der Waals surface area (Å²) < 4.78 is 69.9. The summed E-state index contributed by atoms with van der Waals surface area (Å²) in [6.45, 7) is 0.590. The topological polar surface area (TPSA) is 129 Å². The monoisotopic (exact) mass is 549 g/mol. The third kappa shape index (κ3) is 5.52. The number of carbonyl (C=O) groups excluding carboxylic acids is 1. The summed E-state index contributed by atoms with van der Waals surface area (Å²) >= 11 is 0. The molecule has 38 heavy (non-hydrogen) atoms. The number of hydrogen-bond donors (Lipinski definition) is 3. The van der Waals surface area contributed by atoms with Crippen LogP contribution in [0.25, 0.3) is 33.4 Å². The lowest BCUT2D eigenvalue weighted by atomic mass is 10.0. The van der Waals surface area contributed by atoms with Crippen molar-refractivity contribution in [3.05, 3.63) is 71.7 Å². The predicted molar refractivity (Wildman–Crippen MR) is 130 cm³/mol. The van der Waals surface area contributed by atoms with Gasteiger partial charge in [-0.05, 0) is 30.3 Å². The van der Waals surface area contributed by atoms with Gasteiger partial charge in [0.2, 0.25) is 0 Å². The summed E-state index contributed by atoms with van der Waals surface area (Å²) in [4.78, 5) is 29.0. The van der Waals surface area contributed by atoms with Gasteiger partial charge in [0.25, 0.3) is 5.91 Å². The number of nitrogens with zero attached hydrogens (tertiary/aromatic N) is 1. The molecule has 0 saturated heterocycles. The van der Waals surface area contributed by atoms with E-state index in [1.807, 2.05) is 30.3 Å². The van der Waals surface area contributed by atoms with Crippen LogP contribution in [0.5, 0.6) is 0 Å². The highest BCUT2D eigenvalue weighted by Crippen LogP contribution is 2.32. The largest absolute Gasteiger partial charge is 0.490 e. The van der Waals surface area contributed by atoms with Crippen LogP contribution < -0.4 is 5.32 Å². The molecule has 0 unspecified atom stereocenters. The third-order valence-electron chi connectivity index (χ3n) is 5.70. The Bertz CT molecular complexity index is 1680. The quantitative estimate of drug-likeness (QED) is 0.326. The highest BCUT2D eigenvalue weighted by molar-refractivity contribution is 7.90. The SMILES string of the molecule is CS(=O)(=O)c1ccc(-c2ccc3cccc(-c4cc5c([nH]4)CCNC5=O)c3n2)c(F)c1.O=C(O)C(F)(F)F. The molecule has 0 aliphatic carbocycles. The average Bonchev–Trinajstić information content (AvgIpc) is 3.28. The maximum atomic E-state index is 14.7. The summed E-state index contributed by atoms with van der Waals surface area (Å²) in [6.07, 6.45) is -3.32. The maximum Gasteiger partial charge on any atom is 0.490 e. The first-order valence-corrected chi connectivity index (χ1v) is 12.8. The first-order valence-electron chi connectivity index (χ1n) is 11.0. The lowest BCUT2D eigenvalue weighted by Crippen LogP contribution is -2.31. The van der Waals surface area contributed by atoms with Crippen molar-refractivity contribution in [1.29, 1.82) is 0 Å². The van der Waals surface area contributed by atoms with Crippen molar-refractivity contribution >= 4 is 32.6 Å². The van der Waals surface area contributed by atoms with Crippen molar-refractivity contribution in [2.75, 3.05) is 12.8 Å². The van der Waals surface area contributed by atoms with Gasteiger partial charge in [-0.15, -0.1) is 0 Å². The number of benzene rings is 2. The number of carboxylic acid groups (broad SMARTS) is 1. The van der Waals surface area contributed by atoms with E-state index in [1.165, 1.54) is 12.1 Å². The molecular weight excluding hydrogens is 530 g/mol. The molecule has 3 N–H and O–H groups in total. The molecule has 5 rings (SSSR count). The molecule has 0 saturated carbocycles. The molecule has 0 radical (unpaired) electrons. The van der Waals surface area contributed by atoms with Crippen LogP contribution >= 0.6 is 0 Å². The predicted octanol–water partition coefficient (Wildman–Crippen LogP) is 4.36. The number of para-hydroxylation sites is 1. The first-order chi connectivity index (χ1) is 17.8. The molecular formula is C25H19F4N3O5S. The zero-order chi connectivity index (χ0) is 27.8. The Morgan fingerprint density at radius 1 is 1.03 bits per heavy atom. The number of nitrogens with one attached hydrogen (secondary N) is 2. The molecule has 13 heteroatoms. The van der Waals surface area contributed by atoms with Gasteiger partial charge in [-0.3, -0.25) is 4.79 Å². The number of carboxylic acids is 1. The van der Waals surface area contributed by atoms with Gasteiger partial charge in [0, 0.05) is 47.1 Å². The van der Waals surface area contributed by atoms with E-state index in [4.69, 9.17) is 9.90 Å². The van der Waals surface area contributed by atoms with Crippen LogP contribution in [0.1, 0.15) is 16.1 Å². The lowest BCUT2D eigenvalue weighted by Gasteiger charge is -2.11. The standard InChI is InChI=1S/C23H18FN3O3S.C2HF3O2/c1-31(29,30)14-6-7-15(18(24)11-14)19-8-5-13-3-2-4-16(22(13)27-19)21-12-17-20(26-21)9-10-25-23(17)28;3-2(4,5)1(6)7/h2-8,11-12,26H,9-10H2,1H3,(H,25,28);(H,6,7). The van der Waals surface area contributed by atoms with E-state index in [-0.39, 0.29) is 16.4 Å². The molecule has 0 fully saturated rings. The van der Waals surface area contributed by atoms with Crippen LogP contribution in [-0.4, -0.2) is 54.3 Å². The van der Waals surface area contributed by atoms with Crippen molar-refractivity contribution in [2.45, 2.75) is 17.5 Å². The van der Waals surface area contributed by atoms with E-state index in [0.717, 1.165) is 41.1 Å². The maximum absolute atomic E-state index is 14.7. The first kappa shape index (κ1) is 26.8. The van der Waals surface area contributed by atoms with E-state index >= 15 is 0 Å². The van der Waals surface area contributed by atoms with E-state index in [0.29, 0.717) is 23.3 Å². The fraction of sp³-hybridized carbons (Fsp3) is 0.160. The van der Waals surface area contributed by atoms with Gasteiger partial charge in [-0.2, -0.15) is 13.2 Å². The minimum absolute atomic E-state index is 0.0783. The van der Waals surface area contributed by atoms with Gasteiger partial charge < -0.3 is 15.4 Å². The molecule has 2 aromatic carbocycles. The number of fused-ring (bicyclic) bond motifs is 2. The number of aromatic nitrogens is 2.